The second-order valence-electron chi connectivity index (χ2n) is 13.5. The number of hydrogen-bond donors (Lipinski definition) is 1. The van der Waals surface area contributed by atoms with Crippen molar-refractivity contribution in [1.82, 2.24) is 24.3 Å². The zero-order valence-electron chi connectivity index (χ0n) is 27.1. The number of benzene rings is 1. The average molecular weight is 619 g/mol. The Hall–Kier alpha value is -3.17. The zero-order valence-corrected chi connectivity index (χ0v) is 27.1. The number of piperidine rings is 2. The third-order valence-corrected chi connectivity index (χ3v) is 10.2. The Kier molecular flexibility index (Phi) is 9.66. The average Bonchev–Trinajstić information content (AvgIpc) is 3.04. The minimum absolute atomic E-state index is 0.0574. The van der Waals surface area contributed by atoms with Crippen molar-refractivity contribution >= 4 is 16.9 Å². The summed E-state index contributed by atoms with van der Waals surface area (Å²) >= 11 is 0. The summed E-state index contributed by atoms with van der Waals surface area (Å²) in [5, 5.41) is 4.28. The fraction of sp³-hybridized carbons (Fsp3) is 0.583. The predicted octanol–water partition coefficient (Wildman–Crippen LogP) is 6.84. The second kappa shape index (κ2) is 13.7. The molecule has 6 heterocycles. The van der Waals surface area contributed by atoms with Crippen LogP contribution in [0, 0.1) is 12.8 Å². The lowest BCUT2D eigenvalue weighted by Gasteiger charge is -2.35. The minimum atomic E-state index is -2.88. The molecule has 7 nitrogen and oxygen atoms in total. The van der Waals surface area contributed by atoms with E-state index < -0.39 is 11.8 Å². The van der Waals surface area contributed by atoms with Crippen LogP contribution >= 0.6 is 0 Å². The first-order valence-electron chi connectivity index (χ1n) is 16.9. The Labute approximate surface area is 265 Å². The van der Waals surface area contributed by atoms with Gasteiger partial charge in [-0.1, -0.05) is 30.4 Å². The van der Waals surface area contributed by atoms with Gasteiger partial charge in [-0.25, -0.2) is 18.7 Å². The lowest BCUT2D eigenvalue weighted by Crippen LogP contribution is -2.39. The highest BCUT2D eigenvalue weighted by Gasteiger charge is 2.42. The van der Waals surface area contributed by atoms with Gasteiger partial charge >= 0.3 is 0 Å². The predicted molar refractivity (Wildman–Crippen MR) is 177 cm³/mol. The summed E-state index contributed by atoms with van der Waals surface area (Å²) in [7, 11) is 0. The Morgan fingerprint density at radius 1 is 0.956 bits per heavy atom. The van der Waals surface area contributed by atoms with Crippen LogP contribution in [-0.2, 0) is 19.0 Å². The molecule has 2 fully saturated rings. The minimum Gasteiger partial charge on any atom is -0.365 e. The first-order valence-corrected chi connectivity index (χ1v) is 16.9. The van der Waals surface area contributed by atoms with Gasteiger partial charge in [0.1, 0.15) is 17.3 Å². The van der Waals surface area contributed by atoms with Crippen molar-refractivity contribution in [2.45, 2.75) is 96.7 Å². The van der Waals surface area contributed by atoms with E-state index in [4.69, 9.17) is 9.97 Å². The van der Waals surface area contributed by atoms with Crippen LogP contribution in [-0.4, -0.2) is 63.1 Å². The first-order chi connectivity index (χ1) is 21.7. The van der Waals surface area contributed by atoms with Gasteiger partial charge in [0.2, 0.25) is 0 Å². The standard InChI is InChI=1S/C36H48F2N6O/c1-25(2)43-20-12-28(13-21-43)31-23-32-33-39-24-27-10-9-11-30(22-27)36(37,38)29-14-18-42(19-15-29)16-7-5-4-6-8-17-44(35(31)45)34(32)41-26(3)40-33/h5,7,9-11,22-23,25,28-29H,4,6,8,12-21,24H2,1-3H3,(H,39,40,41)/b7-5-. The van der Waals surface area contributed by atoms with Crippen LogP contribution in [0.2, 0.25) is 0 Å². The Morgan fingerprint density at radius 3 is 2.49 bits per heavy atom. The van der Waals surface area contributed by atoms with E-state index in [1.54, 1.807) is 18.2 Å². The monoisotopic (exact) mass is 618 g/mol. The number of alkyl halides is 2. The molecule has 4 aliphatic heterocycles. The summed E-state index contributed by atoms with van der Waals surface area (Å²) in [4.78, 5) is 28.4. The number of aryl methyl sites for hydroxylation is 2. The maximum absolute atomic E-state index is 15.8. The van der Waals surface area contributed by atoms with Crippen molar-refractivity contribution in [2.24, 2.45) is 5.92 Å². The smallest absolute Gasteiger partial charge is 0.276 e. The van der Waals surface area contributed by atoms with Crippen molar-refractivity contribution < 1.29 is 8.78 Å². The van der Waals surface area contributed by atoms with Crippen LogP contribution in [0.3, 0.4) is 0 Å². The molecule has 0 aliphatic carbocycles. The molecule has 2 saturated heterocycles. The van der Waals surface area contributed by atoms with E-state index in [1.165, 1.54) is 0 Å². The molecule has 1 aromatic carbocycles. The summed E-state index contributed by atoms with van der Waals surface area (Å²) < 4.78 is 33.5. The Balaban J connectivity index is 1.38. The van der Waals surface area contributed by atoms with Gasteiger partial charge in [0.15, 0.2) is 0 Å². The summed E-state index contributed by atoms with van der Waals surface area (Å²) in [6.07, 6.45) is 9.98. The molecule has 0 saturated carbocycles. The quantitative estimate of drug-likeness (QED) is 0.317. The number of rotatable bonds is 2. The number of nitrogens with one attached hydrogen (secondary N) is 1. The largest absolute Gasteiger partial charge is 0.365 e. The lowest BCUT2D eigenvalue weighted by molar-refractivity contribution is -0.0847. The molecule has 242 valence electrons. The third-order valence-electron chi connectivity index (χ3n) is 10.2. The number of nitrogens with zero attached hydrogens (tertiary/aromatic N) is 5. The molecule has 9 heteroatoms. The molecule has 0 spiro atoms. The van der Waals surface area contributed by atoms with Crippen LogP contribution in [0.15, 0.2) is 47.3 Å². The van der Waals surface area contributed by atoms with Gasteiger partial charge in [-0.05, 0) is 116 Å². The number of aromatic nitrogens is 3. The van der Waals surface area contributed by atoms with Crippen LogP contribution in [0.4, 0.5) is 14.6 Å². The van der Waals surface area contributed by atoms with E-state index in [2.05, 4.69) is 41.1 Å². The molecule has 4 aliphatic rings. The van der Waals surface area contributed by atoms with Crippen molar-refractivity contribution in [3.8, 4) is 0 Å². The fourth-order valence-corrected chi connectivity index (χ4v) is 7.40. The highest BCUT2D eigenvalue weighted by Crippen LogP contribution is 2.42. The van der Waals surface area contributed by atoms with Crippen LogP contribution in [0.1, 0.15) is 87.2 Å². The number of halogens is 2. The normalized spacial score (nSPS) is 24.4. The molecule has 8 bridgehead atoms. The molecular weight excluding hydrogens is 570 g/mol. The maximum atomic E-state index is 15.8. The second-order valence-corrected chi connectivity index (χ2v) is 13.5. The molecule has 0 atom stereocenters. The molecule has 0 unspecified atom stereocenters. The zero-order chi connectivity index (χ0) is 31.6. The van der Waals surface area contributed by atoms with Gasteiger partial charge in [-0.2, -0.15) is 0 Å². The molecule has 2 aromatic heterocycles. The van der Waals surface area contributed by atoms with E-state index in [1.807, 2.05) is 23.6 Å². The van der Waals surface area contributed by atoms with Crippen LogP contribution < -0.4 is 10.9 Å². The SMILES string of the molecule is Cc1nc2c3cc(C4CCN(C(C)C)CC4)c(=O)n(c3n1)CCCC/C=C\CN1CCC(CC1)C(F)(F)c1cccc(c1)CN2. The van der Waals surface area contributed by atoms with Gasteiger partial charge in [0, 0.05) is 42.7 Å². The molecule has 7 rings (SSSR count). The van der Waals surface area contributed by atoms with Gasteiger partial charge in [-0.3, -0.25) is 14.3 Å². The maximum Gasteiger partial charge on any atom is 0.276 e. The topological polar surface area (TPSA) is 66.3 Å². The van der Waals surface area contributed by atoms with E-state index in [-0.39, 0.29) is 17.0 Å². The third kappa shape index (κ3) is 6.99. The fourth-order valence-electron chi connectivity index (χ4n) is 7.40. The molecule has 45 heavy (non-hydrogen) atoms. The summed E-state index contributed by atoms with van der Waals surface area (Å²) in [5.41, 5.74) is 2.40. The summed E-state index contributed by atoms with van der Waals surface area (Å²) in [5.74, 6) is -2.15. The molecule has 3 aromatic rings. The number of pyridine rings is 1. The van der Waals surface area contributed by atoms with Gasteiger partial charge < -0.3 is 10.2 Å². The highest BCUT2D eigenvalue weighted by molar-refractivity contribution is 5.87. The van der Waals surface area contributed by atoms with Crippen molar-refractivity contribution in [2.75, 3.05) is 38.0 Å². The highest BCUT2D eigenvalue weighted by atomic mass is 19.3. The van der Waals surface area contributed by atoms with Gasteiger partial charge in [0.05, 0.1) is 5.39 Å². The number of anilines is 1. The van der Waals surface area contributed by atoms with E-state index in [0.29, 0.717) is 62.4 Å². The van der Waals surface area contributed by atoms with Gasteiger partial charge in [0.25, 0.3) is 11.5 Å². The number of hydrogen-bond acceptors (Lipinski definition) is 6. The van der Waals surface area contributed by atoms with E-state index in [0.717, 1.165) is 68.3 Å². The number of fused-ring (bicyclic) bond motifs is 8. The first kappa shape index (κ1) is 31.8. The molecular formula is C36H48F2N6O. The number of allylic oxidation sites excluding steroid dienone is 1. The Bertz CT molecular complexity index is 1570. The van der Waals surface area contributed by atoms with E-state index in [9.17, 15) is 4.79 Å². The lowest BCUT2D eigenvalue weighted by atomic mass is 9.86. The number of likely N-dealkylation sites (tertiary alicyclic amines) is 1. The van der Waals surface area contributed by atoms with Crippen molar-refractivity contribution in [3.05, 3.63) is 75.4 Å². The van der Waals surface area contributed by atoms with Gasteiger partial charge in [-0.15, -0.1) is 0 Å². The van der Waals surface area contributed by atoms with Crippen molar-refractivity contribution in [1.29, 1.82) is 0 Å². The van der Waals surface area contributed by atoms with Crippen molar-refractivity contribution in [3.63, 3.8) is 0 Å². The molecule has 0 amide bonds. The summed E-state index contributed by atoms with van der Waals surface area (Å²) in [6.45, 7) is 11.3. The van der Waals surface area contributed by atoms with E-state index >= 15 is 8.78 Å². The molecule has 0 radical (unpaired) electrons. The Morgan fingerprint density at radius 2 is 1.73 bits per heavy atom. The summed E-state index contributed by atoms with van der Waals surface area (Å²) in [6, 6.07) is 9.33. The van der Waals surface area contributed by atoms with Crippen LogP contribution in [0.5, 0.6) is 0 Å². The molecule has 1 N–H and O–H groups in total. The van der Waals surface area contributed by atoms with Crippen LogP contribution in [0.25, 0.3) is 11.0 Å².